The molecule has 1 aromatic rings. The average Bonchev–Trinajstić information content (AvgIpc) is 2.47. The molecule has 0 saturated carbocycles. The third kappa shape index (κ3) is 3.44. The lowest BCUT2D eigenvalue weighted by Crippen LogP contribution is -2.56. The molecule has 4 heteroatoms. The minimum atomic E-state index is -0.946. The molecule has 1 fully saturated rings. The van der Waals surface area contributed by atoms with Gasteiger partial charge in [-0.2, -0.15) is 0 Å². The fourth-order valence-corrected chi connectivity index (χ4v) is 2.99. The predicted molar refractivity (Wildman–Crippen MR) is 84.4 cm³/mol. The number of nitrogens with zero attached hydrogens (tertiary/aromatic N) is 1. The van der Waals surface area contributed by atoms with Gasteiger partial charge in [0.2, 0.25) is 0 Å². The van der Waals surface area contributed by atoms with Crippen LogP contribution in [-0.4, -0.2) is 42.2 Å². The van der Waals surface area contributed by atoms with E-state index in [9.17, 15) is 9.90 Å². The highest BCUT2D eigenvalue weighted by Crippen LogP contribution is 2.29. The van der Waals surface area contributed by atoms with Crippen molar-refractivity contribution in [3.63, 3.8) is 0 Å². The highest BCUT2D eigenvalue weighted by Gasteiger charge is 2.41. The van der Waals surface area contributed by atoms with Crippen molar-refractivity contribution in [2.75, 3.05) is 26.2 Å². The van der Waals surface area contributed by atoms with E-state index in [0.29, 0.717) is 5.92 Å². The number of carboxylic acids is 1. The molecule has 1 aliphatic heterocycles. The van der Waals surface area contributed by atoms with Crippen LogP contribution in [0.1, 0.15) is 31.9 Å². The summed E-state index contributed by atoms with van der Waals surface area (Å²) in [6.45, 7) is 9.40. The van der Waals surface area contributed by atoms with Crippen LogP contribution in [0, 0.1) is 5.92 Å². The Bertz CT molecular complexity index is 478. The maximum Gasteiger partial charge on any atom is 0.328 e. The molecule has 1 aliphatic rings. The van der Waals surface area contributed by atoms with Gasteiger partial charge in [-0.15, -0.1) is 0 Å². The molecule has 0 aliphatic carbocycles. The summed E-state index contributed by atoms with van der Waals surface area (Å²) < 4.78 is 0. The summed E-state index contributed by atoms with van der Waals surface area (Å²) in [5.74, 6) is -0.170. The quantitative estimate of drug-likeness (QED) is 0.872. The average molecular weight is 290 g/mol. The highest BCUT2D eigenvalue weighted by atomic mass is 16.4. The predicted octanol–water partition coefficient (Wildman–Crippen LogP) is 2.09. The van der Waals surface area contributed by atoms with Gasteiger partial charge < -0.3 is 10.4 Å². The van der Waals surface area contributed by atoms with Crippen LogP contribution in [0.4, 0.5) is 0 Å². The summed E-state index contributed by atoms with van der Waals surface area (Å²) in [6.07, 6.45) is 1.03. The Morgan fingerprint density at radius 1 is 1.29 bits per heavy atom. The van der Waals surface area contributed by atoms with Crippen molar-refractivity contribution in [2.45, 2.75) is 32.7 Å². The van der Waals surface area contributed by atoms with Gasteiger partial charge in [0.25, 0.3) is 0 Å². The summed E-state index contributed by atoms with van der Waals surface area (Å²) in [5, 5.41) is 13.1. The van der Waals surface area contributed by atoms with Crippen molar-refractivity contribution in [1.29, 1.82) is 0 Å². The number of nitrogens with one attached hydrogen (secondary N) is 1. The van der Waals surface area contributed by atoms with Crippen LogP contribution in [0.15, 0.2) is 24.3 Å². The number of carbonyl (C=O) groups is 1. The smallest absolute Gasteiger partial charge is 0.328 e. The van der Waals surface area contributed by atoms with E-state index in [0.717, 1.165) is 38.2 Å². The Labute approximate surface area is 127 Å². The molecular weight excluding hydrogens is 264 g/mol. The van der Waals surface area contributed by atoms with E-state index in [4.69, 9.17) is 0 Å². The van der Waals surface area contributed by atoms with Crippen LogP contribution >= 0.6 is 0 Å². The number of hydrogen-bond acceptors (Lipinski definition) is 3. The molecule has 21 heavy (non-hydrogen) atoms. The van der Waals surface area contributed by atoms with Gasteiger partial charge in [0.1, 0.15) is 5.54 Å². The van der Waals surface area contributed by atoms with Crippen LogP contribution in [0.5, 0.6) is 0 Å². The summed E-state index contributed by atoms with van der Waals surface area (Å²) in [5.41, 5.74) is 1.18. The summed E-state index contributed by atoms with van der Waals surface area (Å²) >= 11 is 0. The van der Waals surface area contributed by atoms with Gasteiger partial charge in [-0.25, -0.2) is 4.79 Å². The lowest BCUT2D eigenvalue weighted by Gasteiger charge is -2.40. The molecule has 116 valence electrons. The van der Waals surface area contributed by atoms with Gasteiger partial charge in [0.05, 0.1) is 0 Å². The van der Waals surface area contributed by atoms with E-state index < -0.39 is 11.5 Å². The zero-order chi connectivity index (χ0) is 15.5. The third-order valence-corrected chi connectivity index (χ3v) is 4.33. The molecule has 2 N–H and O–H groups in total. The number of aliphatic carboxylic acids is 1. The van der Waals surface area contributed by atoms with Crippen LogP contribution in [0.3, 0.4) is 0 Å². The zero-order valence-electron chi connectivity index (χ0n) is 13.2. The highest BCUT2D eigenvalue weighted by molar-refractivity contribution is 5.80. The monoisotopic (exact) mass is 290 g/mol. The molecule has 1 saturated heterocycles. The number of piperazine rings is 1. The van der Waals surface area contributed by atoms with Crippen LogP contribution in [-0.2, 0) is 16.8 Å². The van der Waals surface area contributed by atoms with Crippen molar-refractivity contribution in [3.8, 4) is 0 Å². The van der Waals surface area contributed by atoms with Gasteiger partial charge in [-0.1, -0.05) is 38.1 Å². The molecule has 4 nitrogen and oxygen atoms in total. The van der Waals surface area contributed by atoms with E-state index in [1.165, 1.54) is 5.56 Å². The third-order valence-electron chi connectivity index (χ3n) is 4.33. The largest absolute Gasteiger partial charge is 0.480 e. The van der Waals surface area contributed by atoms with Gasteiger partial charge >= 0.3 is 5.97 Å². The summed E-state index contributed by atoms with van der Waals surface area (Å²) in [7, 11) is 0. The maximum absolute atomic E-state index is 11.9. The van der Waals surface area contributed by atoms with Gasteiger partial charge in [0, 0.05) is 26.2 Å². The zero-order valence-corrected chi connectivity index (χ0v) is 13.2. The lowest BCUT2D eigenvalue weighted by atomic mass is 9.88. The van der Waals surface area contributed by atoms with Gasteiger partial charge in [-0.3, -0.25) is 4.90 Å². The molecule has 0 amide bonds. The topological polar surface area (TPSA) is 52.6 Å². The SMILES string of the molecule is CC(C)Cc1ccc(C(C)(C(=O)O)N2CCNCC2)cc1. The van der Waals surface area contributed by atoms with Crippen molar-refractivity contribution < 1.29 is 9.90 Å². The van der Waals surface area contributed by atoms with Gasteiger partial charge in [0.15, 0.2) is 0 Å². The first kappa shape index (κ1) is 16.0. The minimum Gasteiger partial charge on any atom is -0.480 e. The fraction of sp³-hybridized carbons (Fsp3) is 0.588. The van der Waals surface area contributed by atoms with Crippen LogP contribution in [0.2, 0.25) is 0 Å². The normalized spacial score (nSPS) is 19.4. The van der Waals surface area contributed by atoms with Gasteiger partial charge in [-0.05, 0) is 30.4 Å². The second kappa shape index (κ2) is 6.58. The van der Waals surface area contributed by atoms with Crippen molar-refractivity contribution in [1.82, 2.24) is 10.2 Å². The second-order valence-electron chi connectivity index (χ2n) is 6.41. The van der Waals surface area contributed by atoms with Crippen molar-refractivity contribution in [2.24, 2.45) is 5.92 Å². The van der Waals surface area contributed by atoms with Crippen LogP contribution < -0.4 is 5.32 Å². The standard InChI is InChI=1S/C17H26N2O2/c1-13(2)12-14-4-6-15(7-5-14)17(3,16(20)21)19-10-8-18-9-11-19/h4-7,13,18H,8-12H2,1-3H3,(H,20,21). The van der Waals surface area contributed by atoms with E-state index in [1.54, 1.807) is 0 Å². The van der Waals surface area contributed by atoms with Crippen LogP contribution in [0.25, 0.3) is 0 Å². The fourth-order valence-electron chi connectivity index (χ4n) is 2.99. The second-order valence-corrected chi connectivity index (χ2v) is 6.41. The van der Waals surface area contributed by atoms with E-state index in [2.05, 4.69) is 36.2 Å². The minimum absolute atomic E-state index is 0.606. The van der Waals surface area contributed by atoms with E-state index >= 15 is 0 Å². The Morgan fingerprint density at radius 2 is 1.86 bits per heavy atom. The Hall–Kier alpha value is -1.39. The molecule has 1 atom stereocenters. The molecule has 0 spiro atoms. The first-order valence-electron chi connectivity index (χ1n) is 7.73. The Balaban J connectivity index is 2.27. The van der Waals surface area contributed by atoms with Crippen molar-refractivity contribution in [3.05, 3.63) is 35.4 Å². The summed E-state index contributed by atoms with van der Waals surface area (Å²) in [6, 6.07) is 8.10. The molecule has 1 unspecified atom stereocenters. The first-order valence-corrected chi connectivity index (χ1v) is 7.73. The Kier molecular flexibility index (Phi) is 5.01. The molecular formula is C17H26N2O2. The maximum atomic E-state index is 11.9. The molecule has 0 aromatic heterocycles. The number of benzene rings is 1. The first-order chi connectivity index (χ1) is 9.94. The number of rotatable bonds is 5. The van der Waals surface area contributed by atoms with Crippen molar-refractivity contribution >= 4 is 5.97 Å². The number of carboxylic acid groups (broad SMARTS) is 1. The molecule has 0 bridgehead atoms. The number of hydrogen-bond donors (Lipinski definition) is 2. The molecule has 0 radical (unpaired) electrons. The van der Waals surface area contributed by atoms with E-state index in [-0.39, 0.29) is 0 Å². The van der Waals surface area contributed by atoms with E-state index in [1.807, 2.05) is 19.1 Å². The summed E-state index contributed by atoms with van der Waals surface area (Å²) in [4.78, 5) is 14.0. The Morgan fingerprint density at radius 3 is 2.33 bits per heavy atom. The molecule has 2 rings (SSSR count). The molecule has 1 aromatic carbocycles. The lowest BCUT2D eigenvalue weighted by molar-refractivity contribution is -0.151. The molecule has 1 heterocycles.